The third-order valence-electron chi connectivity index (χ3n) is 2.64. The molecule has 0 radical (unpaired) electrons. The topological polar surface area (TPSA) is 70.8 Å². The molecule has 0 bridgehead atoms. The molecule has 0 spiro atoms. The van der Waals surface area contributed by atoms with Gasteiger partial charge < -0.3 is 9.52 Å². The summed E-state index contributed by atoms with van der Waals surface area (Å²) in [7, 11) is -1.69. The Kier molecular flexibility index (Phi) is 5.17. The second kappa shape index (κ2) is 6.18. The Morgan fingerprint density at radius 3 is 2.65 bits per heavy atom. The van der Waals surface area contributed by atoms with Gasteiger partial charge in [-0.3, -0.25) is 0 Å². The van der Waals surface area contributed by atoms with Crippen LogP contribution in [0.2, 0.25) is 0 Å². The third-order valence-corrected chi connectivity index (χ3v) is 4.53. The van der Waals surface area contributed by atoms with Gasteiger partial charge in [-0.1, -0.05) is 0 Å². The molecular formula is C11H19NO4S. The fourth-order valence-corrected chi connectivity index (χ4v) is 2.68. The van der Waals surface area contributed by atoms with Crippen molar-refractivity contribution in [1.29, 1.82) is 0 Å². The van der Waals surface area contributed by atoms with Gasteiger partial charge in [-0.15, -0.1) is 0 Å². The summed E-state index contributed by atoms with van der Waals surface area (Å²) in [5.41, 5.74) is 0.873. The zero-order valence-corrected chi connectivity index (χ0v) is 11.0. The quantitative estimate of drug-likeness (QED) is 0.747. The molecule has 1 aromatic heterocycles. The summed E-state index contributed by atoms with van der Waals surface area (Å²) in [6, 6.07) is 1.77. The molecule has 0 unspecified atom stereocenters. The number of furan rings is 1. The lowest BCUT2D eigenvalue weighted by Crippen LogP contribution is -2.29. The van der Waals surface area contributed by atoms with E-state index in [1.54, 1.807) is 19.4 Å². The van der Waals surface area contributed by atoms with Gasteiger partial charge in [-0.2, -0.15) is 0 Å². The minimum atomic E-state index is -3.24. The van der Waals surface area contributed by atoms with E-state index in [2.05, 4.69) is 0 Å². The van der Waals surface area contributed by atoms with E-state index in [0.717, 1.165) is 11.3 Å². The van der Waals surface area contributed by atoms with Crippen LogP contribution in [-0.4, -0.2) is 37.2 Å². The van der Waals surface area contributed by atoms with E-state index in [-0.39, 0.29) is 12.4 Å². The average molecular weight is 261 g/mol. The monoisotopic (exact) mass is 261 g/mol. The van der Waals surface area contributed by atoms with Crippen LogP contribution in [-0.2, 0) is 16.6 Å². The summed E-state index contributed by atoms with van der Waals surface area (Å²) in [6.45, 7) is 2.16. The largest absolute Gasteiger partial charge is 0.469 e. The van der Waals surface area contributed by atoms with Gasteiger partial charge in [0.2, 0.25) is 10.0 Å². The van der Waals surface area contributed by atoms with Crippen molar-refractivity contribution in [3.05, 3.63) is 23.7 Å². The Labute approximate surface area is 102 Å². The van der Waals surface area contributed by atoms with Crippen LogP contribution in [0, 0.1) is 6.92 Å². The Morgan fingerprint density at radius 1 is 1.41 bits per heavy atom. The van der Waals surface area contributed by atoms with E-state index in [9.17, 15) is 8.42 Å². The van der Waals surface area contributed by atoms with E-state index in [0.29, 0.717) is 19.4 Å². The van der Waals surface area contributed by atoms with Crippen molar-refractivity contribution >= 4 is 10.0 Å². The van der Waals surface area contributed by atoms with Crippen LogP contribution < -0.4 is 0 Å². The second-order valence-corrected chi connectivity index (χ2v) is 6.20. The molecule has 98 valence electrons. The Hall–Kier alpha value is -0.850. The molecule has 0 saturated heterocycles. The number of hydrogen-bond acceptors (Lipinski definition) is 4. The van der Waals surface area contributed by atoms with Crippen LogP contribution >= 0.6 is 0 Å². The minimum Gasteiger partial charge on any atom is -0.469 e. The van der Waals surface area contributed by atoms with Gasteiger partial charge >= 0.3 is 0 Å². The summed E-state index contributed by atoms with van der Waals surface area (Å²) in [4.78, 5) is 0. The number of hydrogen-bond donors (Lipinski definition) is 1. The van der Waals surface area contributed by atoms with E-state index in [1.165, 1.54) is 4.31 Å². The molecule has 0 aliphatic rings. The van der Waals surface area contributed by atoms with Gasteiger partial charge in [0, 0.05) is 25.8 Å². The van der Waals surface area contributed by atoms with Gasteiger partial charge in [0.05, 0.1) is 12.0 Å². The molecule has 1 N–H and O–H groups in total. The number of sulfonamides is 1. The molecule has 1 rings (SSSR count). The molecular weight excluding hydrogens is 242 g/mol. The van der Waals surface area contributed by atoms with E-state index in [4.69, 9.17) is 9.52 Å². The molecule has 0 saturated carbocycles. The molecule has 0 aliphatic carbocycles. The van der Waals surface area contributed by atoms with E-state index in [1.807, 2.05) is 6.92 Å². The number of unbranched alkanes of at least 4 members (excludes halogenated alkanes) is 1. The predicted molar refractivity (Wildman–Crippen MR) is 65.0 cm³/mol. The zero-order chi connectivity index (χ0) is 12.9. The summed E-state index contributed by atoms with van der Waals surface area (Å²) < 4.78 is 30.2. The van der Waals surface area contributed by atoms with E-state index < -0.39 is 10.0 Å². The maximum atomic E-state index is 11.9. The molecule has 17 heavy (non-hydrogen) atoms. The summed E-state index contributed by atoms with van der Waals surface area (Å²) in [5.74, 6) is 0.809. The zero-order valence-electron chi connectivity index (χ0n) is 10.2. The number of aliphatic hydroxyl groups excluding tert-OH is 1. The SMILES string of the molecule is Cc1occc1CN(C)S(=O)(=O)CCCCO. The average Bonchev–Trinajstić information content (AvgIpc) is 2.64. The first-order valence-electron chi connectivity index (χ1n) is 5.55. The smallest absolute Gasteiger partial charge is 0.214 e. The number of nitrogens with zero attached hydrogens (tertiary/aromatic N) is 1. The molecule has 0 fully saturated rings. The van der Waals surface area contributed by atoms with Crippen molar-refractivity contribution in [3.63, 3.8) is 0 Å². The highest BCUT2D eigenvalue weighted by Crippen LogP contribution is 2.13. The third kappa shape index (κ3) is 4.14. The Balaban J connectivity index is 2.57. The second-order valence-electron chi connectivity index (χ2n) is 4.00. The normalized spacial score (nSPS) is 12.2. The van der Waals surface area contributed by atoms with Gasteiger partial charge in [-0.25, -0.2) is 12.7 Å². The van der Waals surface area contributed by atoms with Crippen molar-refractivity contribution in [2.75, 3.05) is 19.4 Å². The highest BCUT2D eigenvalue weighted by atomic mass is 32.2. The number of aliphatic hydroxyl groups is 1. The number of aryl methyl sites for hydroxylation is 1. The van der Waals surface area contributed by atoms with Gasteiger partial charge in [0.1, 0.15) is 5.76 Å². The maximum absolute atomic E-state index is 11.9. The van der Waals surface area contributed by atoms with Crippen LogP contribution in [0.3, 0.4) is 0 Å². The predicted octanol–water partition coefficient (Wildman–Crippen LogP) is 1.12. The van der Waals surface area contributed by atoms with Gasteiger partial charge in [0.15, 0.2) is 0 Å². The van der Waals surface area contributed by atoms with Crippen molar-refractivity contribution in [2.24, 2.45) is 0 Å². The molecule has 5 nitrogen and oxygen atoms in total. The highest BCUT2D eigenvalue weighted by molar-refractivity contribution is 7.89. The van der Waals surface area contributed by atoms with Crippen molar-refractivity contribution in [3.8, 4) is 0 Å². The van der Waals surface area contributed by atoms with Crippen LogP contribution in [0.4, 0.5) is 0 Å². The van der Waals surface area contributed by atoms with Crippen molar-refractivity contribution in [1.82, 2.24) is 4.31 Å². The van der Waals surface area contributed by atoms with Crippen LogP contribution in [0.5, 0.6) is 0 Å². The number of rotatable bonds is 7. The fraction of sp³-hybridized carbons (Fsp3) is 0.636. The molecule has 0 aliphatic heterocycles. The van der Waals surface area contributed by atoms with Crippen LogP contribution in [0.25, 0.3) is 0 Å². The lowest BCUT2D eigenvalue weighted by Gasteiger charge is -2.16. The molecule has 1 aromatic rings. The van der Waals surface area contributed by atoms with Crippen LogP contribution in [0.15, 0.2) is 16.7 Å². The van der Waals surface area contributed by atoms with E-state index >= 15 is 0 Å². The fourth-order valence-electron chi connectivity index (χ4n) is 1.47. The van der Waals surface area contributed by atoms with Gasteiger partial charge in [-0.05, 0) is 25.8 Å². The molecule has 0 atom stereocenters. The lowest BCUT2D eigenvalue weighted by atomic mass is 10.3. The van der Waals surface area contributed by atoms with Crippen molar-refractivity contribution in [2.45, 2.75) is 26.3 Å². The highest BCUT2D eigenvalue weighted by Gasteiger charge is 2.18. The first-order chi connectivity index (χ1) is 7.97. The molecule has 0 aromatic carbocycles. The standard InChI is InChI=1S/C11H19NO4S/c1-10-11(5-7-16-10)9-12(2)17(14,15)8-4-3-6-13/h5,7,13H,3-4,6,8-9H2,1-2H3. The molecule has 0 amide bonds. The Morgan fingerprint density at radius 2 is 2.12 bits per heavy atom. The van der Waals surface area contributed by atoms with Crippen molar-refractivity contribution < 1.29 is 17.9 Å². The first kappa shape index (κ1) is 14.2. The summed E-state index contributed by atoms with van der Waals surface area (Å²) >= 11 is 0. The Bertz CT molecular complexity index is 438. The maximum Gasteiger partial charge on any atom is 0.214 e. The van der Waals surface area contributed by atoms with Gasteiger partial charge in [0.25, 0.3) is 0 Å². The summed E-state index contributed by atoms with van der Waals surface area (Å²) in [6.07, 6.45) is 2.54. The minimum absolute atomic E-state index is 0.0279. The summed E-state index contributed by atoms with van der Waals surface area (Å²) in [5, 5.41) is 8.62. The lowest BCUT2D eigenvalue weighted by molar-refractivity contribution is 0.287. The first-order valence-corrected chi connectivity index (χ1v) is 7.16. The molecule has 1 heterocycles. The van der Waals surface area contributed by atoms with Crippen LogP contribution in [0.1, 0.15) is 24.2 Å². The molecule has 6 heteroatoms.